The van der Waals surface area contributed by atoms with Crippen LogP contribution in [0.25, 0.3) is 0 Å². The van der Waals surface area contributed by atoms with Crippen LogP contribution in [0.5, 0.6) is 0 Å². The van der Waals surface area contributed by atoms with Crippen molar-refractivity contribution in [2.45, 2.75) is 207 Å². The summed E-state index contributed by atoms with van der Waals surface area (Å²) in [6, 6.07) is 0. The van der Waals surface area contributed by atoms with Crippen molar-refractivity contribution in [2.75, 3.05) is 79.0 Å². The molecule has 0 saturated carbocycles. The highest BCUT2D eigenvalue weighted by Gasteiger charge is 2.20. The number of carbonyl (C=O) groups excluding carboxylic acids is 2. The predicted molar refractivity (Wildman–Crippen MR) is 239 cm³/mol. The lowest BCUT2D eigenvalue weighted by molar-refractivity contribution is -0.150. The predicted octanol–water partition coefficient (Wildman–Crippen LogP) is 11.6. The summed E-state index contributed by atoms with van der Waals surface area (Å²) >= 11 is 0. The van der Waals surface area contributed by atoms with Gasteiger partial charge in [-0.3, -0.25) is 9.59 Å². The van der Waals surface area contributed by atoms with Crippen LogP contribution in [0.1, 0.15) is 207 Å². The van der Waals surface area contributed by atoms with Gasteiger partial charge in [-0.1, -0.05) is 156 Å². The van der Waals surface area contributed by atoms with E-state index in [9.17, 15) is 9.59 Å². The molecular weight excluding hydrogens is 717 g/mol. The van der Waals surface area contributed by atoms with Crippen molar-refractivity contribution in [3.63, 3.8) is 0 Å². The molecule has 0 spiro atoms. The number of ether oxygens (including phenoxy) is 5. The van der Waals surface area contributed by atoms with Crippen LogP contribution < -0.4 is 5.73 Å². The van der Waals surface area contributed by atoms with E-state index in [2.05, 4.69) is 32.6 Å². The molecule has 0 aromatic heterocycles. The van der Waals surface area contributed by atoms with Gasteiger partial charge in [0.15, 0.2) is 0 Å². The molecule has 0 aromatic carbocycles. The second-order valence-corrected chi connectivity index (χ2v) is 16.4. The number of nitrogens with zero attached hydrogens (tertiary/aromatic N) is 1. The minimum Gasteiger partial charge on any atom is -0.465 e. The molecule has 340 valence electrons. The maximum Gasteiger partial charge on any atom is 0.308 e. The quantitative estimate of drug-likeness (QED) is 0.0474. The first-order valence-corrected chi connectivity index (χ1v) is 24.5. The molecular formula is C48H96N2O7. The van der Waals surface area contributed by atoms with Gasteiger partial charge >= 0.3 is 11.9 Å². The largest absolute Gasteiger partial charge is 0.465 e. The van der Waals surface area contributed by atoms with Crippen LogP contribution >= 0.6 is 0 Å². The maximum atomic E-state index is 13.0. The second kappa shape index (κ2) is 45.8. The SMILES string of the molecule is CCCCCCC(CCCCCC)C(=O)OCCCCCCN(CCCCCCOC(=O)C(CCCCCC)CCCCCC)CCOCCOCCOCCN. The summed E-state index contributed by atoms with van der Waals surface area (Å²) in [5.74, 6) is 0.234. The van der Waals surface area contributed by atoms with Crippen molar-refractivity contribution in [1.29, 1.82) is 0 Å². The molecule has 0 aliphatic carbocycles. The fourth-order valence-corrected chi connectivity index (χ4v) is 7.35. The number of hydrogen-bond acceptors (Lipinski definition) is 9. The first-order valence-electron chi connectivity index (χ1n) is 24.5. The molecule has 0 radical (unpaired) electrons. The van der Waals surface area contributed by atoms with Gasteiger partial charge in [0.1, 0.15) is 0 Å². The molecule has 0 aromatic rings. The van der Waals surface area contributed by atoms with Crippen LogP contribution in [0.15, 0.2) is 0 Å². The van der Waals surface area contributed by atoms with Crippen LogP contribution in [-0.2, 0) is 33.3 Å². The standard InChI is InChI=1S/C48H96N2O7/c1-5-9-13-21-29-45(30-22-14-10-6-2)47(51)56-37-27-19-17-25-34-50(36-40-54-42-44-55-43-41-53-39-33-49)35-26-18-20-28-38-57-48(52)46(31-23-15-11-7-3)32-24-16-12-8-4/h45-46H,5-44,49H2,1-4H3. The zero-order chi connectivity index (χ0) is 41.7. The summed E-state index contributed by atoms with van der Waals surface area (Å²) in [5, 5.41) is 0. The highest BCUT2D eigenvalue weighted by atomic mass is 16.5. The number of unbranched alkanes of at least 4 members (excludes halogenated alkanes) is 18. The fourth-order valence-electron chi connectivity index (χ4n) is 7.35. The summed E-state index contributed by atoms with van der Waals surface area (Å²) in [4.78, 5) is 28.4. The number of carbonyl (C=O) groups is 2. The Morgan fingerprint density at radius 2 is 0.719 bits per heavy atom. The molecule has 9 nitrogen and oxygen atoms in total. The third-order valence-corrected chi connectivity index (χ3v) is 11.1. The fraction of sp³-hybridized carbons (Fsp3) is 0.958. The number of rotatable bonds is 47. The van der Waals surface area contributed by atoms with Crippen molar-refractivity contribution >= 4 is 11.9 Å². The maximum absolute atomic E-state index is 13.0. The van der Waals surface area contributed by atoms with E-state index in [1.54, 1.807) is 0 Å². The zero-order valence-corrected chi connectivity index (χ0v) is 38.3. The lowest BCUT2D eigenvalue weighted by Gasteiger charge is -2.22. The van der Waals surface area contributed by atoms with Crippen LogP contribution in [0.3, 0.4) is 0 Å². The minimum atomic E-state index is 0.0393. The van der Waals surface area contributed by atoms with Crippen LogP contribution in [0, 0.1) is 11.8 Å². The average Bonchev–Trinajstić information content (AvgIpc) is 3.21. The first kappa shape index (κ1) is 55.7. The van der Waals surface area contributed by atoms with E-state index < -0.39 is 0 Å². The Morgan fingerprint density at radius 1 is 0.386 bits per heavy atom. The number of esters is 2. The van der Waals surface area contributed by atoms with E-state index in [0.29, 0.717) is 59.4 Å². The van der Waals surface area contributed by atoms with E-state index in [0.717, 1.165) is 122 Å². The van der Waals surface area contributed by atoms with Crippen molar-refractivity contribution in [1.82, 2.24) is 4.90 Å². The Hall–Kier alpha value is -1.26. The Kier molecular flexibility index (Phi) is 44.8. The summed E-state index contributed by atoms with van der Waals surface area (Å²) in [7, 11) is 0. The van der Waals surface area contributed by atoms with Gasteiger partial charge in [0, 0.05) is 13.1 Å². The van der Waals surface area contributed by atoms with Crippen molar-refractivity contribution < 1.29 is 33.3 Å². The van der Waals surface area contributed by atoms with Gasteiger partial charge in [0.05, 0.1) is 64.7 Å². The van der Waals surface area contributed by atoms with E-state index in [1.165, 1.54) is 77.0 Å². The second-order valence-electron chi connectivity index (χ2n) is 16.4. The molecule has 0 fully saturated rings. The summed E-state index contributed by atoms with van der Waals surface area (Å²) < 4.78 is 28.5. The molecule has 0 saturated heterocycles. The summed E-state index contributed by atoms with van der Waals surface area (Å²) in [5.41, 5.74) is 5.45. The van der Waals surface area contributed by atoms with Crippen molar-refractivity contribution in [3.05, 3.63) is 0 Å². The molecule has 0 amide bonds. The summed E-state index contributed by atoms with van der Waals surface area (Å²) in [6.07, 6.45) is 31.8. The molecule has 0 aliphatic heterocycles. The van der Waals surface area contributed by atoms with E-state index in [4.69, 9.17) is 29.4 Å². The topological polar surface area (TPSA) is 110 Å². The van der Waals surface area contributed by atoms with Gasteiger partial charge in [0.2, 0.25) is 0 Å². The number of hydrogen-bond donors (Lipinski definition) is 1. The van der Waals surface area contributed by atoms with Gasteiger partial charge in [-0.05, 0) is 64.5 Å². The Morgan fingerprint density at radius 3 is 1.09 bits per heavy atom. The van der Waals surface area contributed by atoms with Gasteiger partial charge in [-0.2, -0.15) is 0 Å². The highest BCUT2D eigenvalue weighted by Crippen LogP contribution is 2.22. The molecule has 2 N–H and O–H groups in total. The smallest absolute Gasteiger partial charge is 0.308 e. The molecule has 0 atom stereocenters. The monoisotopic (exact) mass is 813 g/mol. The third-order valence-electron chi connectivity index (χ3n) is 11.1. The van der Waals surface area contributed by atoms with E-state index in [-0.39, 0.29) is 23.8 Å². The normalized spacial score (nSPS) is 11.7. The van der Waals surface area contributed by atoms with E-state index >= 15 is 0 Å². The van der Waals surface area contributed by atoms with Gasteiger partial charge in [-0.15, -0.1) is 0 Å². The first-order chi connectivity index (χ1) is 28.0. The minimum absolute atomic E-state index is 0.0393. The van der Waals surface area contributed by atoms with Crippen LogP contribution in [0.4, 0.5) is 0 Å². The molecule has 0 rings (SSSR count). The van der Waals surface area contributed by atoms with Gasteiger partial charge in [0.25, 0.3) is 0 Å². The van der Waals surface area contributed by atoms with Crippen molar-refractivity contribution in [3.8, 4) is 0 Å². The van der Waals surface area contributed by atoms with Gasteiger partial charge in [-0.25, -0.2) is 0 Å². The Labute approximate surface area is 353 Å². The molecule has 0 heterocycles. The van der Waals surface area contributed by atoms with Crippen LogP contribution in [-0.4, -0.2) is 95.9 Å². The molecule has 9 heteroatoms. The highest BCUT2D eigenvalue weighted by molar-refractivity contribution is 5.72. The lowest BCUT2D eigenvalue weighted by Crippen LogP contribution is -2.30. The lowest BCUT2D eigenvalue weighted by atomic mass is 9.94. The summed E-state index contributed by atoms with van der Waals surface area (Å²) in [6.45, 7) is 17.1. The third kappa shape index (κ3) is 38.7. The Balaban J connectivity index is 4.59. The van der Waals surface area contributed by atoms with Crippen molar-refractivity contribution in [2.24, 2.45) is 17.6 Å². The zero-order valence-electron chi connectivity index (χ0n) is 38.3. The van der Waals surface area contributed by atoms with Gasteiger partial charge < -0.3 is 34.3 Å². The molecule has 57 heavy (non-hydrogen) atoms. The number of nitrogens with two attached hydrogens (primary N) is 1. The van der Waals surface area contributed by atoms with E-state index in [1.807, 2.05) is 0 Å². The molecule has 0 unspecified atom stereocenters. The van der Waals surface area contributed by atoms with Crippen LogP contribution in [0.2, 0.25) is 0 Å². The molecule has 0 bridgehead atoms. The average molecular weight is 813 g/mol. The Bertz CT molecular complexity index is 755. The molecule has 0 aliphatic rings.